The molecule has 0 fully saturated rings. The van der Waals surface area contributed by atoms with Gasteiger partial charge in [0.1, 0.15) is 11.9 Å². The van der Waals surface area contributed by atoms with Gasteiger partial charge in [-0.1, -0.05) is 30.3 Å². The van der Waals surface area contributed by atoms with Crippen LogP contribution in [0.1, 0.15) is 64.5 Å². The van der Waals surface area contributed by atoms with E-state index in [4.69, 9.17) is 4.74 Å². The van der Waals surface area contributed by atoms with Crippen LogP contribution in [0.15, 0.2) is 60.7 Å². The molecule has 0 radical (unpaired) electrons. The summed E-state index contributed by atoms with van der Waals surface area (Å²) in [5.41, 5.74) is 2.28. The minimum Gasteiger partial charge on any atom is -0.485 e. The number of carbonyl (C=O) groups is 2. The fourth-order valence-corrected chi connectivity index (χ4v) is 5.43. The number of aromatic carboxylic acids is 1. The molecule has 3 aliphatic rings. The molecule has 7 nitrogen and oxygen atoms in total. The molecule has 2 heterocycles. The molecule has 37 heavy (non-hydrogen) atoms. The Kier molecular flexibility index (Phi) is 5.15. The summed E-state index contributed by atoms with van der Waals surface area (Å²) in [4.78, 5) is 25.0. The first kappa shape index (κ1) is 23.3. The molecule has 0 saturated heterocycles. The van der Waals surface area contributed by atoms with Gasteiger partial charge < -0.3 is 24.6 Å². The van der Waals surface area contributed by atoms with Crippen LogP contribution in [-0.2, 0) is 16.6 Å². The monoisotopic (exact) mass is 507 g/mol. The van der Waals surface area contributed by atoms with E-state index in [1.54, 1.807) is 12.1 Å². The number of carboxylic acids is 1. The van der Waals surface area contributed by atoms with Gasteiger partial charge in [0, 0.05) is 12.0 Å². The lowest BCUT2D eigenvalue weighted by atomic mass is 9.82. The number of nitrogens with one attached hydrogen (secondary N) is 1. The summed E-state index contributed by atoms with van der Waals surface area (Å²) in [6.07, 6.45) is -2.63. The van der Waals surface area contributed by atoms with Crippen molar-refractivity contribution in [2.75, 3.05) is 0 Å². The number of amides is 1. The van der Waals surface area contributed by atoms with Crippen LogP contribution in [0.5, 0.6) is 17.2 Å². The van der Waals surface area contributed by atoms with E-state index in [0.29, 0.717) is 30.6 Å². The summed E-state index contributed by atoms with van der Waals surface area (Å²) in [7, 11) is 0. The van der Waals surface area contributed by atoms with Crippen molar-refractivity contribution in [1.82, 2.24) is 5.32 Å². The predicted octanol–water partition coefficient (Wildman–Crippen LogP) is 5.29. The summed E-state index contributed by atoms with van der Waals surface area (Å²) in [5.74, 6) is -0.704. The van der Waals surface area contributed by atoms with Crippen molar-refractivity contribution in [3.05, 3.63) is 88.5 Å². The second-order valence-corrected chi connectivity index (χ2v) is 9.79. The SMILES string of the molecule is C[C@@]1(C(=O)N[C@@H]2C[C@H](c3ccc(C(=O)O)cc3)Oc3ccccc32)CCc2cc3c(cc21)OC(F)(F)O3. The topological polar surface area (TPSA) is 94.1 Å². The number of carboxylic acid groups (broad SMARTS) is 1. The molecule has 2 aliphatic heterocycles. The number of ether oxygens (including phenoxy) is 3. The molecule has 1 amide bonds. The van der Waals surface area contributed by atoms with Crippen LogP contribution in [0.4, 0.5) is 8.78 Å². The maximum Gasteiger partial charge on any atom is 0.586 e. The molecule has 1 aliphatic carbocycles. The second kappa shape index (κ2) is 8.19. The van der Waals surface area contributed by atoms with Gasteiger partial charge in [-0.15, -0.1) is 8.78 Å². The maximum atomic E-state index is 13.8. The van der Waals surface area contributed by atoms with Crippen molar-refractivity contribution in [2.24, 2.45) is 0 Å². The summed E-state index contributed by atoms with van der Waals surface area (Å²) in [6.45, 7) is 1.81. The van der Waals surface area contributed by atoms with Crippen molar-refractivity contribution in [2.45, 2.75) is 50.0 Å². The van der Waals surface area contributed by atoms with Crippen molar-refractivity contribution < 1.29 is 37.7 Å². The van der Waals surface area contributed by atoms with Gasteiger partial charge in [-0.05, 0) is 66.8 Å². The van der Waals surface area contributed by atoms with Crippen LogP contribution in [0.25, 0.3) is 0 Å². The third kappa shape index (κ3) is 3.94. The fourth-order valence-electron chi connectivity index (χ4n) is 5.43. The molecule has 0 saturated carbocycles. The van der Waals surface area contributed by atoms with E-state index < -0.39 is 23.8 Å². The van der Waals surface area contributed by atoms with Crippen LogP contribution in [0.2, 0.25) is 0 Å². The molecule has 0 bridgehead atoms. The lowest BCUT2D eigenvalue weighted by Crippen LogP contribution is -2.44. The lowest BCUT2D eigenvalue weighted by Gasteiger charge is -2.35. The Bertz CT molecular complexity index is 1420. The zero-order valence-corrected chi connectivity index (χ0v) is 19.8. The van der Waals surface area contributed by atoms with Gasteiger partial charge in [0.25, 0.3) is 0 Å². The van der Waals surface area contributed by atoms with E-state index in [1.165, 1.54) is 24.3 Å². The molecule has 0 unspecified atom stereocenters. The van der Waals surface area contributed by atoms with Crippen LogP contribution in [0.3, 0.4) is 0 Å². The van der Waals surface area contributed by atoms with Crippen LogP contribution >= 0.6 is 0 Å². The number of rotatable bonds is 4. The first-order valence-corrected chi connectivity index (χ1v) is 12.0. The smallest absolute Gasteiger partial charge is 0.485 e. The first-order valence-electron chi connectivity index (χ1n) is 12.0. The third-order valence-electron chi connectivity index (χ3n) is 7.47. The minimum atomic E-state index is -3.72. The van der Waals surface area contributed by atoms with Crippen molar-refractivity contribution >= 4 is 11.9 Å². The molecule has 6 rings (SSSR count). The van der Waals surface area contributed by atoms with Crippen molar-refractivity contribution in [3.8, 4) is 17.2 Å². The van der Waals surface area contributed by atoms with E-state index in [0.717, 1.165) is 16.7 Å². The third-order valence-corrected chi connectivity index (χ3v) is 7.47. The second-order valence-electron chi connectivity index (χ2n) is 9.79. The number of halogens is 2. The van der Waals surface area contributed by atoms with Gasteiger partial charge in [0.05, 0.1) is 17.0 Å². The molecule has 9 heteroatoms. The molecule has 3 aromatic rings. The van der Waals surface area contributed by atoms with Gasteiger partial charge in [-0.2, -0.15) is 0 Å². The number of benzene rings is 3. The van der Waals surface area contributed by atoms with Gasteiger partial charge in [-0.25, -0.2) is 4.79 Å². The van der Waals surface area contributed by atoms with E-state index in [2.05, 4.69) is 14.8 Å². The number of hydrogen-bond acceptors (Lipinski definition) is 5. The Hall–Kier alpha value is -4.14. The molecular weight excluding hydrogens is 484 g/mol. The summed E-state index contributed by atoms with van der Waals surface area (Å²) < 4.78 is 42.6. The summed E-state index contributed by atoms with van der Waals surface area (Å²) in [6, 6.07) is 16.6. The van der Waals surface area contributed by atoms with Crippen molar-refractivity contribution in [3.63, 3.8) is 0 Å². The zero-order chi connectivity index (χ0) is 25.9. The molecule has 190 valence electrons. The predicted molar refractivity (Wildman–Crippen MR) is 127 cm³/mol. The number of para-hydroxylation sites is 1. The van der Waals surface area contributed by atoms with Gasteiger partial charge in [-0.3, -0.25) is 4.79 Å². The number of alkyl halides is 2. The minimum absolute atomic E-state index is 0.0245. The molecule has 2 N–H and O–H groups in total. The van der Waals surface area contributed by atoms with E-state index in [9.17, 15) is 23.5 Å². The standard InChI is InChI=1S/C28H23F2NO6/c1-27(11-10-17-12-23-24(13-19(17)27)37-28(29,30)36-23)26(34)31-20-14-22(35-21-5-3-2-4-18(20)21)15-6-8-16(9-7-15)25(32)33/h2-9,12-13,20,22H,10-11,14H2,1H3,(H,31,34)(H,32,33)/t20-,22-,27-/m1/s1. The van der Waals surface area contributed by atoms with Crippen LogP contribution in [-0.4, -0.2) is 23.3 Å². The Labute approximate surface area is 211 Å². The lowest BCUT2D eigenvalue weighted by molar-refractivity contribution is -0.286. The first-order chi connectivity index (χ1) is 17.6. The molecule has 0 aromatic heterocycles. The van der Waals surface area contributed by atoms with Gasteiger partial charge in [0.15, 0.2) is 11.5 Å². The quantitative estimate of drug-likeness (QED) is 0.498. The average molecular weight is 507 g/mol. The largest absolute Gasteiger partial charge is 0.586 e. The van der Waals surface area contributed by atoms with Crippen molar-refractivity contribution in [1.29, 1.82) is 0 Å². The fraction of sp³-hybridized carbons (Fsp3) is 0.286. The molecular formula is C28H23F2NO6. The molecule has 3 aromatic carbocycles. The molecule has 0 spiro atoms. The Morgan fingerprint density at radius 3 is 2.43 bits per heavy atom. The normalized spacial score (nSPS) is 24.5. The zero-order valence-electron chi connectivity index (χ0n) is 19.8. The Morgan fingerprint density at radius 2 is 1.70 bits per heavy atom. The highest BCUT2D eigenvalue weighted by Crippen LogP contribution is 2.49. The highest BCUT2D eigenvalue weighted by Gasteiger charge is 2.48. The number of aryl methyl sites for hydroxylation is 1. The van der Waals surface area contributed by atoms with Crippen LogP contribution in [0, 0.1) is 0 Å². The highest BCUT2D eigenvalue weighted by molar-refractivity contribution is 5.90. The van der Waals surface area contributed by atoms with Gasteiger partial charge >= 0.3 is 12.3 Å². The summed E-state index contributed by atoms with van der Waals surface area (Å²) in [5, 5.41) is 12.4. The molecule has 3 atom stereocenters. The Morgan fingerprint density at radius 1 is 1.00 bits per heavy atom. The number of fused-ring (bicyclic) bond motifs is 3. The van der Waals surface area contributed by atoms with Crippen LogP contribution < -0.4 is 19.5 Å². The van der Waals surface area contributed by atoms with E-state index >= 15 is 0 Å². The van der Waals surface area contributed by atoms with E-state index in [-0.39, 0.29) is 29.0 Å². The number of hydrogen-bond donors (Lipinski definition) is 2. The summed E-state index contributed by atoms with van der Waals surface area (Å²) >= 11 is 0. The Balaban J connectivity index is 1.28. The highest BCUT2D eigenvalue weighted by atomic mass is 19.3. The average Bonchev–Trinajstić information content (AvgIpc) is 3.37. The van der Waals surface area contributed by atoms with Gasteiger partial charge in [0.2, 0.25) is 5.91 Å². The number of carbonyl (C=O) groups excluding carboxylic acids is 1. The maximum absolute atomic E-state index is 13.8. The van der Waals surface area contributed by atoms with E-state index in [1.807, 2.05) is 31.2 Å².